The SMILES string of the molecule is COC(=O)c1cccc2oc(-c3cccc4c3N=C(c3cccc(C)c3)C4)nc12. The zero-order chi connectivity index (χ0) is 20.0. The molecule has 142 valence electrons. The Labute approximate surface area is 167 Å². The van der Waals surface area contributed by atoms with Crippen LogP contribution in [0.4, 0.5) is 5.69 Å². The van der Waals surface area contributed by atoms with Gasteiger partial charge in [0.05, 0.1) is 29.6 Å². The van der Waals surface area contributed by atoms with Crippen molar-refractivity contribution in [2.24, 2.45) is 4.99 Å². The van der Waals surface area contributed by atoms with Gasteiger partial charge in [0.25, 0.3) is 0 Å². The molecular weight excluding hydrogens is 364 g/mol. The number of hydrogen-bond donors (Lipinski definition) is 0. The maximum atomic E-state index is 12.1. The summed E-state index contributed by atoms with van der Waals surface area (Å²) in [6, 6.07) is 19.6. The second-order valence-electron chi connectivity index (χ2n) is 7.08. The third kappa shape index (κ3) is 2.91. The van der Waals surface area contributed by atoms with Gasteiger partial charge < -0.3 is 9.15 Å². The van der Waals surface area contributed by atoms with E-state index in [9.17, 15) is 4.79 Å². The summed E-state index contributed by atoms with van der Waals surface area (Å²) in [5.41, 5.74) is 7.60. The number of benzene rings is 3. The van der Waals surface area contributed by atoms with Crippen molar-refractivity contribution < 1.29 is 13.9 Å². The highest BCUT2D eigenvalue weighted by atomic mass is 16.5. The summed E-state index contributed by atoms with van der Waals surface area (Å²) in [5, 5.41) is 0. The summed E-state index contributed by atoms with van der Waals surface area (Å²) in [5.74, 6) is 0.0101. The van der Waals surface area contributed by atoms with Crippen LogP contribution >= 0.6 is 0 Å². The highest BCUT2D eigenvalue weighted by molar-refractivity contribution is 6.08. The maximum Gasteiger partial charge on any atom is 0.340 e. The van der Waals surface area contributed by atoms with Crippen molar-refractivity contribution in [1.29, 1.82) is 0 Å². The van der Waals surface area contributed by atoms with Gasteiger partial charge in [-0.15, -0.1) is 0 Å². The number of methoxy groups -OCH3 is 1. The van der Waals surface area contributed by atoms with E-state index in [0.717, 1.165) is 34.5 Å². The van der Waals surface area contributed by atoms with Crippen LogP contribution in [0, 0.1) is 6.92 Å². The number of para-hydroxylation sites is 2. The Morgan fingerprint density at radius 3 is 2.72 bits per heavy atom. The fraction of sp³-hybridized carbons (Fsp3) is 0.125. The first-order valence-corrected chi connectivity index (χ1v) is 9.39. The number of fused-ring (bicyclic) bond motifs is 2. The number of ether oxygens (including phenoxy) is 1. The molecule has 5 heteroatoms. The summed E-state index contributed by atoms with van der Waals surface area (Å²) in [7, 11) is 1.35. The van der Waals surface area contributed by atoms with Crippen molar-refractivity contribution in [2.75, 3.05) is 7.11 Å². The Kier molecular flexibility index (Phi) is 4.02. The van der Waals surface area contributed by atoms with Crippen molar-refractivity contribution in [3.63, 3.8) is 0 Å². The van der Waals surface area contributed by atoms with Gasteiger partial charge in [-0.05, 0) is 36.2 Å². The lowest BCUT2D eigenvalue weighted by atomic mass is 10.0. The highest BCUT2D eigenvalue weighted by Gasteiger charge is 2.23. The van der Waals surface area contributed by atoms with Crippen LogP contribution in [-0.2, 0) is 11.2 Å². The van der Waals surface area contributed by atoms with Crippen LogP contribution in [0.1, 0.15) is 27.0 Å². The van der Waals surface area contributed by atoms with E-state index in [0.29, 0.717) is 22.6 Å². The van der Waals surface area contributed by atoms with E-state index >= 15 is 0 Å². The Morgan fingerprint density at radius 2 is 1.90 bits per heavy atom. The molecule has 5 nitrogen and oxygen atoms in total. The average Bonchev–Trinajstić information content (AvgIpc) is 3.37. The molecule has 1 aliphatic heterocycles. The van der Waals surface area contributed by atoms with E-state index in [-0.39, 0.29) is 0 Å². The molecule has 0 N–H and O–H groups in total. The summed E-state index contributed by atoms with van der Waals surface area (Å²) >= 11 is 0. The standard InChI is InChI=1S/C24H18N2O3/c1-14-6-3-7-15(12-14)19-13-16-8-4-9-17(21(16)25-19)23-26-22-18(24(27)28-2)10-5-11-20(22)29-23/h3-12H,13H2,1-2H3. The minimum atomic E-state index is -0.437. The van der Waals surface area contributed by atoms with Crippen molar-refractivity contribution in [1.82, 2.24) is 4.98 Å². The molecule has 0 aliphatic carbocycles. The second kappa shape index (κ2) is 6.71. The molecule has 1 aliphatic rings. The molecule has 0 radical (unpaired) electrons. The lowest BCUT2D eigenvalue weighted by Gasteiger charge is -2.01. The Bertz CT molecular complexity index is 1300. The van der Waals surface area contributed by atoms with E-state index in [1.165, 1.54) is 12.7 Å². The van der Waals surface area contributed by atoms with Gasteiger partial charge in [-0.3, -0.25) is 4.99 Å². The van der Waals surface area contributed by atoms with Crippen LogP contribution in [0.15, 0.2) is 70.1 Å². The molecule has 0 saturated carbocycles. The van der Waals surface area contributed by atoms with Crippen molar-refractivity contribution >= 4 is 28.5 Å². The molecule has 2 heterocycles. The van der Waals surface area contributed by atoms with E-state index in [1.807, 2.05) is 18.2 Å². The van der Waals surface area contributed by atoms with E-state index in [2.05, 4.69) is 36.2 Å². The predicted molar refractivity (Wildman–Crippen MR) is 112 cm³/mol. The smallest absolute Gasteiger partial charge is 0.340 e. The van der Waals surface area contributed by atoms with E-state index in [4.69, 9.17) is 14.1 Å². The summed E-state index contributed by atoms with van der Waals surface area (Å²) < 4.78 is 10.9. The zero-order valence-electron chi connectivity index (χ0n) is 16.1. The van der Waals surface area contributed by atoms with Crippen LogP contribution in [-0.4, -0.2) is 23.8 Å². The Hall–Kier alpha value is -3.73. The molecular formula is C24H18N2O3. The monoisotopic (exact) mass is 382 g/mol. The van der Waals surface area contributed by atoms with E-state index < -0.39 is 5.97 Å². The highest BCUT2D eigenvalue weighted by Crippen LogP contribution is 2.39. The third-order valence-corrected chi connectivity index (χ3v) is 5.13. The van der Waals surface area contributed by atoms with Gasteiger partial charge >= 0.3 is 5.97 Å². The average molecular weight is 382 g/mol. The molecule has 0 spiro atoms. The molecule has 0 fully saturated rings. The van der Waals surface area contributed by atoms with Gasteiger partial charge in [0.15, 0.2) is 5.58 Å². The number of aryl methyl sites for hydroxylation is 1. The Morgan fingerprint density at radius 1 is 1.07 bits per heavy atom. The molecule has 0 unspecified atom stereocenters. The Balaban J connectivity index is 1.63. The third-order valence-electron chi connectivity index (χ3n) is 5.13. The maximum absolute atomic E-state index is 12.1. The molecule has 0 amide bonds. The lowest BCUT2D eigenvalue weighted by molar-refractivity contribution is 0.0602. The van der Waals surface area contributed by atoms with E-state index in [1.54, 1.807) is 18.2 Å². The summed E-state index contributed by atoms with van der Waals surface area (Å²) in [4.78, 5) is 21.6. The number of rotatable bonds is 3. The zero-order valence-corrected chi connectivity index (χ0v) is 16.1. The number of nitrogens with zero attached hydrogens (tertiary/aromatic N) is 2. The fourth-order valence-corrected chi connectivity index (χ4v) is 3.72. The van der Waals surface area contributed by atoms with Crippen LogP contribution in [0.3, 0.4) is 0 Å². The molecule has 5 rings (SSSR count). The first-order chi connectivity index (χ1) is 14.1. The minimum Gasteiger partial charge on any atom is -0.465 e. The van der Waals surface area contributed by atoms with Crippen molar-refractivity contribution in [3.8, 4) is 11.5 Å². The first-order valence-electron chi connectivity index (χ1n) is 9.39. The number of carbonyl (C=O) groups excluding carboxylic acids is 1. The van der Waals surface area contributed by atoms with Crippen molar-refractivity contribution in [2.45, 2.75) is 13.3 Å². The fourth-order valence-electron chi connectivity index (χ4n) is 3.72. The van der Waals surface area contributed by atoms with Gasteiger partial charge in [-0.1, -0.05) is 48.0 Å². The number of oxazole rings is 1. The van der Waals surface area contributed by atoms with Crippen LogP contribution in [0.5, 0.6) is 0 Å². The van der Waals surface area contributed by atoms with Crippen molar-refractivity contribution in [3.05, 3.63) is 82.9 Å². The van der Waals surface area contributed by atoms with Gasteiger partial charge in [-0.25, -0.2) is 9.78 Å². The van der Waals surface area contributed by atoms with Gasteiger partial charge in [0.1, 0.15) is 5.52 Å². The largest absolute Gasteiger partial charge is 0.465 e. The molecule has 29 heavy (non-hydrogen) atoms. The minimum absolute atomic E-state index is 0.386. The van der Waals surface area contributed by atoms with Crippen LogP contribution in [0.25, 0.3) is 22.6 Å². The second-order valence-corrected chi connectivity index (χ2v) is 7.08. The van der Waals surface area contributed by atoms with Gasteiger partial charge in [0, 0.05) is 6.42 Å². The molecule has 4 aromatic rings. The first kappa shape index (κ1) is 17.4. The van der Waals surface area contributed by atoms with Gasteiger partial charge in [0.2, 0.25) is 5.89 Å². The lowest BCUT2D eigenvalue weighted by Crippen LogP contribution is -2.01. The molecule has 0 bridgehead atoms. The number of aromatic nitrogens is 1. The molecule has 0 atom stereocenters. The molecule has 0 saturated heterocycles. The van der Waals surface area contributed by atoms with Crippen LogP contribution < -0.4 is 0 Å². The quantitative estimate of drug-likeness (QED) is 0.453. The number of esters is 1. The number of carbonyl (C=O) groups is 1. The normalized spacial score (nSPS) is 12.7. The number of hydrogen-bond acceptors (Lipinski definition) is 5. The molecule has 3 aromatic carbocycles. The summed E-state index contributed by atoms with van der Waals surface area (Å²) in [6.45, 7) is 2.08. The summed E-state index contributed by atoms with van der Waals surface area (Å²) in [6.07, 6.45) is 0.764. The van der Waals surface area contributed by atoms with Gasteiger partial charge in [-0.2, -0.15) is 0 Å². The predicted octanol–water partition coefficient (Wildman–Crippen LogP) is 5.27. The topological polar surface area (TPSA) is 64.7 Å². The van der Waals surface area contributed by atoms with Crippen LogP contribution in [0.2, 0.25) is 0 Å². The number of aliphatic imine (C=N–C) groups is 1. The molecule has 1 aromatic heterocycles.